The van der Waals surface area contributed by atoms with Crippen molar-refractivity contribution >= 4 is 23.5 Å². The molecule has 0 amide bonds. The third-order valence-electron chi connectivity index (χ3n) is 6.56. The molecule has 1 aromatic heterocycles. The van der Waals surface area contributed by atoms with Crippen molar-refractivity contribution in [1.29, 1.82) is 0 Å². The molecule has 0 saturated carbocycles. The summed E-state index contributed by atoms with van der Waals surface area (Å²) in [4.78, 5) is 13.3. The van der Waals surface area contributed by atoms with E-state index in [0.29, 0.717) is 9.27 Å². The van der Waals surface area contributed by atoms with Gasteiger partial charge in [0.1, 0.15) is 23.3 Å². The normalized spacial score (nSPS) is 15.1. The molecule has 0 aliphatic carbocycles. The second-order valence-corrected chi connectivity index (χ2v) is 11.2. The number of hydrogen-bond donors (Lipinski definition) is 0. The van der Waals surface area contributed by atoms with Crippen LogP contribution in [-0.4, -0.2) is 17.3 Å². The highest BCUT2D eigenvalue weighted by atomic mass is 19.2. The fraction of sp³-hybridized carbons (Fsp3) is 0.333. The molecule has 0 fully saturated rings. The van der Waals surface area contributed by atoms with E-state index in [0.717, 1.165) is 0 Å². The fourth-order valence-electron chi connectivity index (χ4n) is 4.80. The molecular formula is C24H19BF10N2O2. The van der Waals surface area contributed by atoms with Gasteiger partial charge in [-0.1, -0.05) is 41.5 Å². The second-order valence-electron chi connectivity index (χ2n) is 11.2. The minimum absolute atomic E-state index is 0.0334. The van der Waals surface area contributed by atoms with Gasteiger partial charge in [-0.05, 0) is 10.9 Å². The van der Waals surface area contributed by atoms with E-state index in [2.05, 4.69) is 0 Å². The van der Waals surface area contributed by atoms with Crippen molar-refractivity contribution in [3.63, 3.8) is 0 Å². The molecule has 3 aromatic rings. The number of aromatic nitrogens is 2. The molecule has 39 heavy (non-hydrogen) atoms. The van der Waals surface area contributed by atoms with Crippen LogP contribution >= 0.6 is 0 Å². The van der Waals surface area contributed by atoms with Crippen LogP contribution in [0.1, 0.15) is 52.9 Å². The molecule has 0 N–H and O–H groups in total. The van der Waals surface area contributed by atoms with E-state index < -0.39 is 92.5 Å². The molecule has 0 bridgehead atoms. The number of carbonyl (C=O) groups excluding carboxylic acids is 1. The number of rotatable bonds is 2. The maximum atomic E-state index is 15.4. The van der Waals surface area contributed by atoms with E-state index in [1.165, 1.54) is 26.8 Å². The van der Waals surface area contributed by atoms with E-state index >= 15 is 17.6 Å². The fourth-order valence-corrected chi connectivity index (χ4v) is 4.80. The molecule has 1 aliphatic heterocycles. The average molecular weight is 568 g/mol. The topological polar surface area (TPSA) is 35.1 Å². The Balaban J connectivity index is 2.42. The lowest BCUT2D eigenvalue weighted by Crippen LogP contribution is -2.83. The molecular weight excluding hydrogens is 549 g/mol. The molecule has 4 nitrogen and oxygen atoms in total. The Morgan fingerprint density at radius 1 is 0.615 bits per heavy atom. The first kappa shape index (κ1) is 28.5. The predicted octanol–water partition coefficient (Wildman–Crippen LogP) is 4.86. The van der Waals surface area contributed by atoms with Crippen molar-refractivity contribution < 1.29 is 57.9 Å². The Morgan fingerprint density at radius 3 is 1.26 bits per heavy atom. The molecule has 0 saturated heterocycles. The Bertz CT molecular complexity index is 1460. The van der Waals surface area contributed by atoms with Crippen LogP contribution in [0.4, 0.5) is 48.7 Å². The van der Waals surface area contributed by atoms with E-state index in [1.807, 2.05) is 0 Å². The maximum Gasteiger partial charge on any atom is 0.551 e. The maximum absolute atomic E-state index is 15.4. The summed E-state index contributed by atoms with van der Waals surface area (Å²) in [5, 5.41) is 0. The number of fused-ring (bicyclic) bond motifs is 1. The summed E-state index contributed by atoms with van der Waals surface area (Å²) in [6.07, 6.45) is -1.64. The molecule has 1 aliphatic rings. The van der Waals surface area contributed by atoms with Gasteiger partial charge in [0.15, 0.2) is 40.6 Å². The smallest absolute Gasteiger partial charge is 0.551 e. The molecule has 2 heterocycles. The minimum atomic E-state index is -4.95. The quantitative estimate of drug-likeness (QED) is 0.192. The standard InChI is InChI=1S/C24H19BF10N2O2/c1-23(2,3)8-7-9(24(4,5)6)37-25(39-22(38)36(8)37,10-12(26)16(30)20(34)17(31)13(10)27)11-14(28)18(32)21(35)19(33)15(11)29/h7H,1-6H3. The predicted molar refractivity (Wildman–Crippen MR) is 117 cm³/mol. The summed E-state index contributed by atoms with van der Waals surface area (Å²) in [7, 11) is 0. The molecule has 210 valence electrons. The zero-order valence-corrected chi connectivity index (χ0v) is 21.1. The van der Waals surface area contributed by atoms with Gasteiger partial charge in [-0.15, -0.1) is 4.68 Å². The lowest BCUT2D eigenvalue weighted by atomic mass is 9.41. The third kappa shape index (κ3) is 3.68. The number of carbonyl (C=O) groups is 1. The monoisotopic (exact) mass is 568 g/mol. The second kappa shape index (κ2) is 8.49. The first-order valence-electron chi connectivity index (χ1n) is 11.3. The average Bonchev–Trinajstić information content (AvgIpc) is 3.37. The largest absolute Gasteiger partial charge is 0.603 e. The summed E-state index contributed by atoms with van der Waals surface area (Å²) >= 11 is 0. The Hall–Kier alpha value is -3.52. The van der Waals surface area contributed by atoms with Crippen molar-refractivity contribution in [2.24, 2.45) is 0 Å². The van der Waals surface area contributed by atoms with Crippen LogP contribution in [0.25, 0.3) is 0 Å². The van der Waals surface area contributed by atoms with Crippen molar-refractivity contribution in [3.8, 4) is 0 Å². The molecule has 4 rings (SSSR count). The Kier molecular flexibility index (Phi) is 6.20. The van der Waals surface area contributed by atoms with Crippen LogP contribution in [0.5, 0.6) is 0 Å². The SMILES string of the molecule is CC(C)(C)c1cc(C(C)(C)C)[n+]2n1C(=O)O[B-]2(c1c(F)c(F)c(F)c(F)c1F)c1c(F)c(F)c(F)c(F)c1F. The van der Waals surface area contributed by atoms with Crippen molar-refractivity contribution in [2.75, 3.05) is 0 Å². The Morgan fingerprint density at radius 2 is 0.949 bits per heavy atom. The van der Waals surface area contributed by atoms with Crippen LogP contribution < -0.4 is 15.5 Å². The molecule has 15 heteroatoms. The highest BCUT2D eigenvalue weighted by Crippen LogP contribution is 2.33. The van der Waals surface area contributed by atoms with Crippen LogP contribution in [0.3, 0.4) is 0 Å². The highest BCUT2D eigenvalue weighted by molar-refractivity contribution is 6.92. The van der Waals surface area contributed by atoms with Crippen LogP contribution in [0.15, 0.2) is 6.07 Å². The summed E-state index contributed by atoms with van der Waals surface area (Å²) in [5.41, 5.74) is -6.77. The molecule has 2 aromatic carbocycles. The van der Waals surface area contributed by atoms with Crippen molar-refractivity contribution in [3.05, 3.63) is 75.6 Å². The van der Waals surface area contributed by atoms with E-state index in [9.17, 15) is 31.1 Å². The van der Waals surface area contributed by atoms with Gasteiger partial charge < -0.3 is 4.65 Å². The molecule has 0 radical (unpaired) electrons. The van der Waals surface area contributed by atoms with E-state index in [4.69, 9.17) is 4.65 Å². The molecule has 0 unspecified atom stereocenters. The van der Waals surface area contributed by atoms with E-state index in [1.54, 1.807) is 20.8 Å². The van der Waals surface area contributed by atoms with Gasteiger partial charge in [-0.2, -0.15) is 0 Å². The van der Waals surface area contributed by atoms with Gasteiger partial charge in [-0.3, -0.25) is 4.59 Å². The van der Waals surface area contributed by atoms with Crippen molar-refractivity contribution in [1.82, 2.24) is 4.68 Å². The van der Waals surface area contributed by atoms with Crippen LogP contribution in [0, 0.1) is 58.2 Å². The van der Waals surface area contributed by atoms with Gasteiger partial charge in [0.05, 0.1) is 5.69 Å². The van der Waals surface area contributed by atoms with Gasteiger partial charge in [0.25, 0.3) is 0 Å². The minimum Gasteiger partial charge on any atom is -0.603 e. The first-order chi connectivity index (χ1) is 17.7. The highest BCUT2D eigenvalue weighted by Gasteiger charge is 2.64. The third-order valence-corrected chi connectivity index (χ3v) is 6.56. The van der Waals surface area contributed by atoms with Crippen LogP contribution in [0.2, 0.25) is 0 Å². The summed E-state index contributed by atoms with van der Waals surface area (Å²) in [6.45, 7) is 4.02. The number of nitrogens with zero attached hydrogens (tertiary/aromatic N) is 2. The number of benzene rings is 2. The van der Waals surface area contributed by atoms with Gasteiger partial charge in [0, 0.05) is 16.9 Å². The zero-order valence-electron chi connectivity index (χ0n) is 21.1. The van der Waals surface area contributed by atoms with Gasteiger partial charge >= 0.3 is 12.6 Å². The van der Waals surface area contributed by atoms with Gasteiger partial charge in [0.2, 0.25) is 0 Å². The summed E-state index contributed by atoms with van der Waals surface area (Å²) in [6, 6.07) is 1.25. The lowest BCUT2D eigenvalue weighted by Gasteiger charge is -2.32. The number of hydrogen-bond acceptors (Lipinski definition) is 2. The Labute approximate surface area is 214 Å². The van der Waals surface area contributed by atoms with Crippen LogP contribution in [-0.2, 0) is 15.5 Å². The molecule has 0 spiro atoms. The number of halogens is 10. The summed E-state index contributed by atoms with van der Waals surface area (Å²) < 4.78 is 153. The van der Waals surface area contributed by atoms with Crippen molar-refractivity contribution in [2.45, 2.75) is 52.4 Å². The lowest BCUT2D eigenvalue weighted by molar-refractivity contribution is -0.632. The van der Waals surface area contributed by atoms with Gasteiger partial charge in [-0.25, -0.2) is 48.7 Å². The zero-order chi connectivity index (χ0) is 29.7. The first-order valence-corrected chi connectivity index (χ1v) is 11.3. The van der Waals surface area contributed by atoms with E-state index in [-0.39, 0.29) is 11.4 Å². The molecule has 0 atom stereocenters. The summed E-state index contributed by atoms with van der Waals surface area (Å²) in [5.74, 6) is -26.6.